The third kappa shape index (κ3) is 3.14. The van der Waals surface area contributed by atoms with E-state index in [1.807, 2.05) is 25.1 Å². The summed E-state index contributed by atoms with van der Waals surface area (Å²) in [7, 11) is 3.19. The Labute approximate surface area is 123 Å². The first-order valence-corrected chi connectivity index (χ1v) is 6.40. The smallest absolute Gasteiger partial charge is 0.162 e. The monoisotopic (exact) mass is 289 g/mol. The number of benzene rings is 1. The van der Waals surface area contributed by atoms with Gasteiger partial charge in [-0.05, 0) is 26.0 Å². The van der Waals surface area contributed by atoms with Gasteiger partial charge in [0.1, 0.15) is 17.5 Å². The number of aryl methyl sites for hydroxylation is 1. The second-order valence-corrected chi connectivity index (χ2v) is 4.43. The van der Waals surface area contributed by atoms with E-state index < -0.39 is 0 Å². The van der Waals surface area contributed by atoms with Crippen LogP contribution in [-0.2, 0) is 0 Å². The van der Waals surface area contributed by atoms with Gasteiger partial charge in [-0.3, -0.25) is 0 Å². The van der Waals surface area contributed by atoms with E-state index in [2.05, 4.69) is 20.7 Å². The lowest BCUT2D eigenvalue weighted by molar-refractivity contribution is 0.355. The van der Waals surface area contributed by atoms with Crippen molar-refractivity contribution < 1.29 is 9.47 Å². The zero-order valence-corrected chi connectivity index (χ0v) is 12.5. The van der Waals surface area contributed by atoms with Gasteiger partial charge in [0.25, 0.3) is 0 Å². The van der Waals surface area contributed by atoms with E-state index in [0.29, 0.717) is 29.0 Å². The van der Waals surface area contributed by atoms with E-state index in [4.69, 9.17) is 15.3 Å². The number of nitrogens with two attached hydrogens (primary N) is 1. The second-order valence-electron chi connectivity index (χ2n) is 4.43. The SMILES string of the molecule is COc1ccc(Nc2nc(C)nc(NN)c2C)cc1OC. The van der Waals surface area contributed by atoms with Crippen LogP contribution in [0.4, 0.5) is 17.3 Å². The average molecular weight is 289 g/mol. The Bertz CT molecular complexity index is 646. The molecule has 2 aromatic rings. The first kappa shape index (κ1) is 14.9. The van der Waals surface area contributed by atoms with Gasteiger partial charge in [0.2, 0.25) is 0 Å². The first-order chi connectivity index (χ1) is 10.1. The molecule has 0 fully saturated rings. The van der Waals surface area contributed by atoms with Crippen molar-refractivity contribution in [1.82, 2.24) is 9.97 Å². The van der Waals surface area contributed by atoms with Crippen LogP contribution >= 0.6 is 0 Å². The van der Waals surface area contributed by atoms with Crippen molar-refractivity contribution >= 4 is 17.3 Å². The van der Waals surface area contributed by atoms with Gasteiger partial charge in [-0.25, -0.2) is 15.8 Å². The Morgan fingerprint density at radius 1 is 1.00 bits per heavy atom. The van der Waals surface area contributed by atoms with Crippen molar-refractivity contribution in [1.29, 1.82) is 0 Å². The van der Waals surface area contributed by atoms with Crippen LogP contribution in [0.5, 0.6) is 11.5 Å². The van der Waals surface area contributed by atoms with Crippen molar-refractivity contribution in [2.24, 2.45) is 5.84 Å². The number of nitrogens with zero attached hydrogens (tertiary/aromatic N) is 2. The molecule has 0 saturated carbocycles. The number of aromatic nitrogens is 2. The largest absolute Gasteiger partial charge is 0.493 e. The Morgan fingerprint density at radius 2 is 1.67 bits per heavy atom. The first-order valence-electron chi connectivity index (χ1n) is 6.40. The quantitative estimate of drug-likeness (QED) is 0.573. The number of nitrogen functional groups attached to an aromatic ring is 1. The van der Waals surface area contributed by atoms with Gasteiger partial charge in [0.05, 0.1) is 14.2 Å². The van der Waals surface area contributed by atoms with Crippen LogP contribution in [0.3, 0.4) is 0 Å². The number of rotatable bonds is 5. The number of hydrazine groups is 1. The third-order valence-corrected chi connectivity index (χ3v) is 3.04. The van der Waals surface area contributed by atoms with Gasteiger partial charge < -0.3 is 20.2 Å². The highest BCUT2D eigenvalue weighted by Gasteiger charge is 2.10. The molecule has 0 aliphatic heterocycles. The molecule has 1 heterocycles. The van der Waals surface area contributed by atoms with Crippen LogP contribution in [0.15, 0.2) is 18.2 Å². The Morgan fingerprint density at radius 3 is 2.29 bits per heavy atom. The molecule has 2 rings (SSSR count). The van der Waals surface area contributed by atoms with Crippen molar-refractivity contribution in [3.63, 3.8) is 0 Å². The molecule has 0 aliphatic rings. The van der Waals surface area contributed by atoms with Crippen molar-refractivity contribution in [3.8, 4) is 11.5 Å². The molecule has 0 spiro atoms. The predicted molar refractivity (Wildman–Crippen MR) is 82.1 cm³/mol. The summed E-state index contributed by atoms with van der Waals surface area (Å²) in [5.74, 6) is 8.67. The summed E-state index contributed by atoms with van der Waals surface area (Å²) in [6.45, 7) is 3.69. The minimum atomic E-state index is 0.588. The molecule has 112 valence electrons. The molecule has 0 aliphatic carbocycles. The van der Waals surface area contributed by atoms with Crippen molar-refractivity contribution in [2.75, 3.05) is 25.0 Å². The molecular formula is C14H19N5O2. The fourth-order valence-corrected chi connectivity index (χ4v) is 1.94. The molecule has 0 radical (unpaired) electrons. The van der Waals surface area contributed by atoms with Gasteiger partial charge in [-0.15, -0.1) is 0 Å². The Kier molecular flexibility index (Phi) is 4.44. The highest BCUT2D eigenvalue weighted by atomic mass is 16.5. The van der Waals surface area contributed by atoms with E-state index in [9.17, 15) is 0 Å². The number of methoxy groups -OCH3 is 2. The summed E-state index contributed by atoms with van der Waals surface area (Å²) in [4.78, 5) is 8.61. The molecule has 0 unspecified atom stereocenters. The zero-order chi connectivity index (χ0) is 15.4. The third-order valence-electron chi connectivity index (χ3n) is 3.04. The maximum atomic E-state index is 5.46. The summed E-state index contributed by atoms with van der Waals surface area (Å²) in [5, 5.41) is 3.23. The Balaban J connectivity index is 2.36. The summed E-state index contributed by atoms with van der Waals surface area (Å²) < 4.78 is 10.5. The van der Waals surface area contributed by atoms with E-state index in [-0.39, 0.29) is 0 Å². The van der Waals surface area contributed by atoms with E-state index in [1.54, 1.807) is 21.1 Å². The van der Waals surface area contributed by atoms with Crippen molar-refractivity contribution in [3.05, 3.63) is 29.6 Å². The number of nitrogens with one attached hydrogen (secondary N) is 2. The lowest BCUT2D eigenvalue weighted by Crippen LogP contribution is -2.13. The summed E-state index contributed by atoms with van der Waals surface area (Å²) in [5.41, 5.74) is 4.23. The van der Waals surface area contributed by atoms with Gasteiger partial charge in [-0.1, -0.05) is 0 Å². The van der Waals surface area contributed by atoms with Crippen LogP contribution in [0, 0.1) is 13.8 Å². The molecule has 0 amide bonds. The van der Waals surface area contributed by atoms with Crippen molar-refractivity contribution in [2.45, 2.75) is 13.8 Å². The molecule has 0 atom stereocenters. The van der Waals surface area contributed by atoms with E-state index in [0.717, 1.165) is 11.3 Å². The normalized spacial score (nSPS) is 10.1. The summed E-state index contributed by atoms with van der Waals surface area (Å²) in [6, 6.07) is 5.55. The fraction of sp³-hybridized carbons (Fsp3) is 0.286. The van der Waals surface area contributed by atoms with Gasteiger partial charge in [0.15, 0.2) is 11.5 Å². The predicted octanol–water partition coefficient (Wildman–Crippen LogP) is 2.14. The maximum Gasteiger partial charge on any atom is 0.162 e. The molecule has 4 N–H and O–H groups in total. The van der Waals surface area contributed by atoms with Gasteiger partial charge >= 0.3 is 0 Å². The average Bonchev–Trinajstić information content (AvgIpc) is 2.50. The molecular weight excluding hydrogens is 270 g/mol. The summed E-state index contributed by atoms with van der Waals surface area (Å²) >= 11 is 0. The second kappa shape index (κ2) is 6.27. The van der Waals surface area contributed by atoms with Crippen LogP contribution < -0.4 is 26.1 Å². The molecule has 1 aromatic carbocycles. The Hall–Kier alpha value is -2.54. The lowest BCUT2D eigenvalue weighted by atomic mass is 10.2. The van der Waals surface area contributed by atoms with Gasteiger partial charge in [0, 0.05) is 17.3 Å². The number of ether oxygens (including phenoxy) is 2. The summed E-state index contributed by atoms with van der Waals surface area (Å²) in [6.07, 6.45) is 0. The van der Waals surface area contributed by atoms with E-state index >= 15 is 0 Å². The fourth-order valence-electron chi connectivity index (χ4n) is 1.94. The molecule has 0 saturated heterocycles. The molecule has 0 bridgehead atoms. The van der Waals surface area contributed by atoms with E-state index in [1.165, 1.54) is 0 Å². The molecule has 7 heteroatoms. The molecule has 1 aromatic heterocycles. The minimum Gasteiger partial charge on any atom is -0.493 e. The van der Waals surface area contributed by atoms with Crippen LogP contribution in [0.1, 0.15) is 11.4 Å². The zero-order valence-electron chi connectivity index (χ0n) is 12.5. The highest BCUT2D eigenvalue weighted by molar-refractivity contribution is 5.66. The maximum absolute atomic E-state index is 5.46. The topological polar surface area (TPSA) is 94.3 Å². The number of hydrogen-bond donors (Lipinski definition) is 3. The highest BCUT2D eigenvalue weighted by Crippen LogP contribution is 2.31. The molecule has 7 nitrogen and oxygen atoms in total. The van der Waals surface area contributed by atoms with Crippen LogP contribution in [0.25, 0.3) is 0 Å². The van der Waals surface area contributed by atoms with Crippen LogP contribution in [-0.4, -0.2) is 24.2 Å². The lowest BCUT2D eigenvalue weighted by Gasteiger charge is -2.14. The number of anilines is 3. The molecule has 21 heavy (non-hydrogen) atoms. The minimum absolute atomic E-state index is 0.588. The standard InChI is InChI=1S/C14H19N5O2/c1-8-13(16-9(2)17-14(8)19-15)18-10-5-6-11(20-3)12(7-10)21-4/h5-7H,15H2,1-4H3,(H2,16,17,18,19). The van der Waals surface area contributed by atoms with Gasteiger partial charge in [-0.2, -0.15) is 0 Å². The van der Waals surface area contributed by atoms with Crippen LogP contribution in [0.2, 0.25) is 0 Å². The number of hydrogen-bond acceptors (Lipinski definition) is 7.